The largest absolute Gasteiger partial charge is 0.477 e. The maximum atomic E-state index is 11.5. The molecular formula is C8H12N2O6. The lowest BCUT2D eigenvalue weighted by molar-refractivity contribution is -0.180. The number of likely N-dealkylation sites (N-methyl/N-ethyl adjacent to an activating group) is 2. The molecule has 0 aromatic rings. The van der Waals surface area contributed by atoms with E-state index in [4.69, 9.17) is 5.11 Å². The predicted molar refractivity (Wildman–Crippen MR) is 50.3 cm³/mol. The van der Waals surface area contributed by atoms with Crippen LogP contribution in [0.5, 0.6) is 0 Å². The molecule has 0 spiro atoms. The Morgan fingerprint density at radius 1 is 1.38 bits per heavy atom. The minimum absolute atomic E-state index is 0.0904. The summed E-state index contributed by atoms with van der Waals surface area (Å²) < 4.78 is 4.15. The molecule has 0 bridgehead atoms. The van der Waals surface area contributed by atoms with E-state index in [-0.39, 0.29) is 13.0 Å². The number of ether oxygens (including phenoxy) is 1. The highest BCUT2D eigenvalue weighted by molar-refractivity contribution is 6.25. The lowest BCUT2D eigenvalue weighted by atomic mass is 10.0. The summed E-state index contributed by atoms with van der Waals surface area (Å²) >= 11 is 0. The average molecular weight is 232 g/mol. The Kier molecular flexibility index (Phi) is 4.93. The summed E-state index contributed by atoms with van der Waals surface area (Å²) in [7, 11) is 1.12. The van der Waals surface area contributed by atoms with Crippen molar-refractivity contribution in [1.29, 1.82) is 0 Å². The summed E-state index contributed by atoms with van der Waals surface area (Å²) in [5.41, 5.74) is -2.88. The third-order valence-electron chi connectivity index (χ3n) is 1.73. The fourth-order valence-corrected chi connectivity index (χ4v) is 0.988. The van der Waals surface area contributed by atoms with Gasteiger partial charge in [-0.25, -0.2) is 4.79 Å². The smallest absolute Gasteiger partial charge is 0.368 e. The van der Waals surface area contributed by atoms with E-state index in [1.54, 1.807) is 0 Å². The van der Waals surface area contributed by atoms with Crippen LogP contribution in [0, 0.1) is 0 Å². The zero-order chi connectivity index (χ0) is 12.8. The third-order valence-corrected chi connectivity index (χ3v) is 1.73. The van der Waals surface area contributed by atoms with Crippen LogP contribution in [0.25, 0.3) is 0 Å². The summed E-state index contributed by atoms with van der Waals surface area (Å²) in [5.74, 6) is -4.32. The van der Waals surface area contributed by atoms with Crippen molar-refractivity contribution in [2.24, 2.45) is 0 Å². The zero-order valence-corrected chi connectivity index (χ0v) is 8.77. The molecule has 1 unspecified atom stereocenters. The Morgan fingerprint density at radius 2 is 1.94 bits per heavy atom. The van der Waals surface area contributed by atoms with Crippen molar-refractivity contribution >= 4 is 24.3 Å². The van der Waals surface area contributed by atoms with Crippen LogP contribution in [0.15, 0.2) is 0 Å². The Bertz CT molecular complexity index is 316. The number of carboxylic acids is 1. The first kappa shape index (κ1) is 13.9. The molecule has 1 atom stereocenters. The molecule has 0 aliphatic rings. The van der Waals surface area contributed by atoms with Crippen molar-refractivity contribution < 1.29 is 29.0 Å². The van der Waals surface area contributed by atoms with Gasteiger partial charge >= 0.3 is 11.6 Å². The predicted octanol–water partition coefficient (Wildman–Crippen LogP) is -2.14. The molecule has 8 heteroatoms. The number of hydrogen-bond donors (Lipinski definition) is 3. The van der Waals surface area contributed by atoms with Gasteiger partial charge in [0.2, 0.25) is 0 Å². The van der Waals surface area contributed by atoms with Gasteiger partial charge in [-0.2, -0.15) is 0 Å². The van der Waals surface area contributed by atoms with Crippen LogP contribution in [0.3, 0.4) is 0 Å². The molecule has 0 fully saturated rings. The highest BCUT2D eigenvalue weighted by Gasteiger charge is 2.56. The minimum atomic E-state index is -2.88. The maximum Gasteiger partial charge on any atom is 0.368 e. The van der Waals surface area contributed by atoms with Gasteiger partial charge in [-0.05, 0) is 6.92 Å². The Hall–Kier alpha value is -2.12. The van der Waals surface area contributed by atoms with E-state index >= 15 is 0 Å². The molecule has 16 heavy (non-hydrogen) atoms. The van der Waals surface area contributed by atoms with Crippen LogP contribution < -0.4 is 10.6 Å². The second-order valence-electron chi connectivity index (χ2n) is 2.64. The Balaban J connectivity index is 5.41. The molecule has 0 radical (unpaired) electrons. The summed E-state index contributed by atoms with van der Waals surface area (Å²) in [6.45, 7) is 1.35. The monoisotopic (exact) mass is 232 g/mol. The van der Waals surface area contributed by atoms with Gasteiger partial charge in [0.05, 0.1) is 0 Å². The van der Waals surface area contributed by atoms with E-state index in [9.17, 15) is 19.2 Å². The Morgan fingerprint density at radius 3 is 2.25 bits per heavy atom. The average Bonchev–Trinajstić information content (AvgIpc) is 2.24. The molecule has 8 nitrogen and oxygen atoms in total. The number of nitrogens with one attached hydrogen (secondary N) is 2. The van der Waals surface area contributed by atoms with Crippen molar-refractivity contribution in [3.05, 3.63) is 0 Å². The van der Waals surface area contributed by atoms with Crippen molar-refractivity contribution in [3.63, 3.8) is 0 Å². The van der Waals surface area contributed by atoms with Crippen LogP contribution in [0.2, 0.25) is 0 Å². The highest BCUT2D eigenvalue weighted by Crippen LogP contribution is 2.11. The number of amides is 2. The number of carbonyl (C=O) groups excluding carboxylic acids is 3. The molecule has 2 amide bonds. The van der Waals surface area contributed by atoms with E-state index in [1.807, 2.05) is 5.32 Å². The molecule has 0 aliphatic carbocycles. The fraction of sp³-hybridized carbons (Fsp3) is 0.500. The van der Waals surface area contributed by atoms with Gasteiger partial charge in [0, 0.05) is 13.6 Å². The topological polar surface area (TPSA) is 122 Å². The summed E-state index contributed by atoms with van der Waals surface area (Å²) in [6, 6.07) is 0. The fourth-order valence-electron chi connectivity index (χ4n) is 0.988. The van der Waals surface area contributed by atoms with Crippen molar-refractivity contribution in [2.45, 2.75) is 12.5 Å². The first-order chi connectivity index (χ1) is 7.47. The van der Waals surface area contributed by atoms with E-state index in [0.717, 1.165) is 7.05 Å². The first-order valence-corrected chi connectivity index (χ1v) is 4.32. The summed E-state index contributed by atoms with van der Waals surface area (Å²) in [4.78, 5) is 43.9. The van der Waals surface area contributed by atoms with Gasteiger partial charge in [0.15, 0.2) is 0 Å². The lowest BCUT2D eigenvalue weighted by Crippen LogP contribution is -2.63. The van der Waals surface area contributed by atoms with Gasteiger partial charge in [-0.15, -0.1) is 0 Å². The summed E-state index contributed by atoms with van der Waals surface area (Å²) in [5, 5.41) is 12.9. The molecular weight excluding hydrogens is 220 g/mol. The molecule has 90 valence electrons. The molecule has 0 heterocycles. The molecule has 3 N–H and O–H groups in total. The van der Waals surface area contributed by atoms with Gasteiger partial charge in [-0.1, -0.05) is 0 Å². The normalized spacial score (nSPS) is 13.1. The summed E-state index contributed by atoms with van der Waals surface area (Å²) in [6.07, 6.45) is 0. The molecule has 0 saturated carbocycles. The maximum absolute atomic E-state index is 11.5. The van der Waals surface area contributed by atoms with Gasteiger partial charge in [0.25, 0.3) is 18.3 Å². The number of carboxylic acid groups (broad SMARTS) is 1. The second-order valence-corrected chi connectivity index (χ2v) is 2.64. The van der Waals surface area contributed by atoms with Gasteiger partial charge in [-0.3, -0.25) is 14.4 Å². The van der Waals surface area contributed by atoms with Crippen LogP contribution in [-0.4, -0.2) is 48.6 Å². The van der Waals surface area contributed by atoms with E-state index in [1.165, 1.54) is 6.92 Å². The zero-order valence-electron chi connectivity index (χ0n) is 8.77. The van der Waals surface area contributed by atoms with Crippen LogP contribution in [0.1, 0.15) is 6.92 Å². The highest BCUT2D eigenvalue weighted by atomic mass is 16.6. The second kappa shape index (κ2) is 5.69. The molecule has 0 aromatic heterocycles. The molecule has 0 saturated heterocycles. The molecule has 0 rings (SSSR count). The first-order valence-electron chi connectivity index (χ1n) is 4.32. The van der Waals surface area contributed by atoms with Crippen molar-refractivity contribution in [3.8, 4) is 0 Å². The van der Waals surface area contributed by atoms with E-state index in [2.05, 4.69) is 10.1 Å². The van der Waals surface area contributed by atoms with Gasteiger partial charge in [0.1, 0.15) is 0 Å². The van der Waals surface area contributed by atoms with Crippen molar-refractivity contribution in [2.75, 3.05) is 13.6 Å². The van der Waals surface area contributed by atoms with Gasteiger partial charge < -0.3 is 20.5 Å². The third kappa shape index (κ3) is 2.27. The van der Waals surface area contributed by atoms with Crippen molar-refractivity contribution in [1.82, 2.24) is 10.6 Å². The number of carbonyl (C=O) groups is 4. The quantitative estimate of drug-likeness (QED) is 0.355. The number of rotatable bonds is 6. The van der Waals surface area contributed by atoms with Crippen LogP contribution in [-0.2, 0) is 23.9 Å². The minimum Gasteiger partial charge on any atom is -0.477 e. The SMILES string of the molecule is CCNC(=O)C(OC=O)(C(=O)O)C(=O)NC. The van der Waals surface area contributed by atoms with Crippen LogP contribution in [0.4, 0.5) is 0 Å². The Labute approximate surface area is 90.9 Å². The van der Waals surface area contributed by atoms with E-state index in [0.29, 0.717) is 0 Å². The standard InChI is InChI=1S/C8H12N2O6/c1-3-10-6(13)8(7(14)15,16-4-11)5(12)9-2/h4H,3H2,1-2H3,(H,9,12)(H,10,13)(H,14,15). The lowest BCUT2D eigenvalue weighted by Gasteiger charge is -2.23. The molecule has 0 aromatic carbocycles. The number of aliphatic carboxylic acids is 1. The number of hydrogen-bond acceptors (Lipinski definition) is 5. The van der Waals surface area contributed by atoms with E-state index < -0.39 is 23.4 Å². The molecule has 0 aliphatic heterocycles. The van der Waals surface area contributed by atoms with Crippen LogP contribution >= 0.6 is 0 Å².